The molecule has 0 amide bonds. The summed E-state index contributed by atoms with van der Waals surface area (Å²) in [5.74, 6) is -0.865. The van der Waals surface area contributed by atoms with Crippen molar-refractivity contribution in [1.82, 2.24) is 0 Å². The van der Waals surface area contributed by atoms with Crippen LogP contribution in [0.15, 0.2) is 60.8 Å². The number of rotatable bonds is 63. The number of hydrogen-bond donors (Lipinski definition) is 0. The predicted octanol–water partition coefficient (Wildman–Crippen LogP) is 23.5. The van der Waals surface area contributed by atoms with Gasteiger partial charge in [-0.1, -0.05) is 319 Å². The van der Waals surface area contributed by atoms with E-state index in [1.807, 2.05) is 0 Å². The number of ether oxygens (including phenoxy) is 3. The Morgan fingerprint density at radius 3 is 0.782 bits per heavy atom. The standard InChI is InChI=1S/C72H130O6/c1-4-7-10-13-16-19-22-24-26-28-29-30-31-32-33-34-35-36-37-38-39-40-41-42-43-45-46-48-50-53-56-59-62-65-71(74)77-68-69(67-76-70(73)64-61-58-55-52-21-18-15-12-9-6-3)78-72(75)66-63-60-57-54-51-49-47-44-27-25-23-20-17-14-11-8-5-2/h8,11,17,20,22,24-25,27-29,69H,4-7,9-10,12-16,18-19,21,23,26,30-68H2,1-3H3/b11-8-,20-17-,24-22-,27-25-,29-28-. The lowest BCUT2D eigenvalue weighted by atomic mass is 10.0. The van der Waals surface area contributed by atoms with E-state index in [1.54, 1.807) is 0 Å². The Bertz CT molecular complexity index is 1390. The van der Waals surface area contributed by atoms with Crippen LogP contribution in [0.25, 0.3) is 0 Å². The monoisotopic (exact) mass is 1090 g/mol. The second-order valence-corrected chi connectivity index (χ2v) is 23.1. The van der Waals surface area contributed by atoms with Gasteiger partial charge in [0.15, 0.2) is 6.10 Å². The highest BCUT2D eigenvalue weighted by atomic mass is 16.6. The van der Waals surface area contributed by atoms with Gasteiger partial charge in [0.25, 0.3) is 0 Å². The van der Waals surface area contributed by atoms with Crippen molar-refractivity contribution in [1.29, 1.82) is 0 Å². The first-order valence-electron chi connectivity index (χ1n) is 34.3. The summed E-state index contributed by atoms with van der Waals surface area (Å²) in [6.07, 6.45) is 85.5. The third-order valence-corrected chi connectivity index (χ3v) is 15.3. The maximum atomic E-state index is 12.9. The van der Waals surface area contributed by atoms with Crippen molar-refractivity contribution < 1.29 is 28.6 Å². The van der Waals surface area contributed by atoms with Crippen LogP contribution in [0, 0.1) is 0 Å². The minimum atomic E-state index is -0.776. The van der Waals surface area contributed by atoms with Gasteiger partial charge in [-0.2, -0.15) is 0 Å². The normalized spacial score (nSPS) is 12.4. The summed E-state index contributed by atoms with van der Waals surface area (Å²) in [6.45, 7) is 6.54. The van der Waals surface area contributed by atoms with Gasteiger partial charge in [0.1, 0.15) is 13.2 Å². The zero-order chi connectivity index (χ0) is 56.4. The first kappa shape index (κ1) is 75.1. The lowest BCUT2D eigenvalue weighted by Crippen LogP contribution is -2.30. The molecule has 0 saturated heterocycles. The van der Waals surface area contributed by atoms with Crippen LogP contribution < -0.4 is 0 Å². The molecule has 1 unspecified atom stereocenters. The summed E-state index contributed by atoms with van der Waals surface area (Å²) < 4.78 is 16.9. The van der Waals surface area contributed by atoms with Crippen LogP contribution in [0.1, 0.15) is 361 Å². The van der Waals surface area contributed by atoms with Gasteiger partial charge < -0.3 is 14.2 Å². The van der Waals surface area contributed by atoms with Crippen LogP contribution in [0.4, 0.5) is 0 Å². The summed E-state index contributed by atoms with van der Waals surface area (Å²) in [5, 5.41) is 0. The van der Waals surface area contributed by atoms with Gasteiger partial charge in [-0.3, -0.25) is 14.4 Å². The first-order chi connectivity index (χ1) is 38.5. The lowest BCUT2D eigenvalue weighted by Gasteiger charge is -2.18. The molecule has 0 spiro atoms. The van der Waals surface area contributed by atoms with Crippen LogP contribution in [0.2, 0.25) is 0 Å². The quantitative estimate of drug-likeness (QED) is 0.0261. The molecule has 0 rings (SSSR count). The fraction of sp³-hybridized carbons (Fsp3) is 0.819. The molecule has 0 bridgehead atoms. The maximum Gasteiger partial charge on any atom is 0.306 e. The molecule has 0 aliphatic heterocycles. The SMILES string of the molecule is CC/C=C\C/C=C\C/C=C\CCCCCCCCCC(=O)OC(COC(=O)CCCCCCCCCCCC)COC(=O)CCCCCCCCCCCCCCCCCCCCCCC/C=C\C/C=C\CCCCCCC. The molecule has 6 heteroatoms. The second-order valence-electron chi connectivity index (χ2n) is 23.1. The zero-order valence-corrected chi connectivity index (χ0v) is 52.2. The molecule has 0 aromatic rings. The number of allylic oxidation sites excluding steroid dienone is 10. The van der Waals surface area contributed by atoms with Gasteiger partial charge in [-0.15, -0.1) is 0 Å². The van der Waals surface area contributed by atoms with Gasteiger partial charge in [0.05, 0.1) is 0 Å². The molecule has 6 nitrogen and oxygen atoms in total. The first-order valence-corrected chi connectivity index (χ1v) is 34.3. The van der Waals surface area contributed by atoms with E-state index in [0.29, 0.717) is 19.3 Å². The Balaban J connectivity index is 4.06. The molecule has 0 N–H and O–H groups in total. The van der Waals surface area contributed by atoms with E-state index < -0.39 is 6.10 Å². The third-order valence-electron chi connectivity index (χ3n) is 15.3. The average Bonchev–Trinajstić information content (AvgIpc) is 3.44. The van der Waals surface area contributed by atoms with Crippen LogP contribution in [0.5, 0.6) is 0 Å². The molecule has 1 atom stereocenters. The van der Waals surface area contributed by atoms with Crippen molar-refractivity contribution in [2.24, 2.45) is 0 Å². The number of carbonyl (C=O) groups is 3. The summed E-state index contributed by atoms with van der Waals surface area (Å²) in [5.41, 5.74) is 0. The summed E-state index contributed by atoms with van der Waals surface area (Å²) in [7, 11) is 0. The number of hydrogen-bond acceptors (Lipinski definition) is 6. The van der Waals surface area contributed by atoms with Crippen LogP contribution >= 0.6 is 0 Å². The molecule has 0 radical (unpaired) electrons. The predicted molar refractivity (Wildman–Crippen MR) is 339 cm³/mol. The summed E-state index contributed by atoms with van der Waals surface area (Å²) in [4.78, 5) is 38.2. The molecule has 78 heavy (non-hydrogen) atoms. The van der Waals surface area contributed by atoms with E-state index in [0.717, 1.165) is 89.9 Å². The maximum absolute atomic E-state index is 12.9. The van der Waals surface area contributed by atoms with E-state index in [-0.39, 0.29) is 31.1 Å². The van der Waals surface area contributed by atoms with E-state index in [2.05, 4.69) is 81.5 Å². The Hall–Kier alpha value is -2.89. The third kappa shape index (κ3) is 63.9. The number of carbonyl (C=O) groups excluding carboxylic acids is 3. The Morgan fingerprint density at radius 2 is 0.500 bits per heavy atom. The van der Waals surface area contributed by atoms with Crippen LogP contribution in [-0.2, 0) is 28.6 Å². The van der Waals surface area contributed by atoms with E-state index in [1.165, 1.54) is 231 Å². The molecule has 0 fully saturated rings. The fourth-order valence-corrected chi connectivity index (χ4v) is 10.1. The molecular formula is C72H130O6. The molecule has 0 aromatic heterocycles. The zero-order valence-electron chi connectivity index (χ0n) is 52.2. The highest BCUT2D eigenvalue weighted by Crippen LogP contribution is 2.18. The molecule has 0 saturated carbocycles. The number of esters is 3. The van der Waals surface area contributed by atoms with E-state index in [9.17, 15) is 14.4 Å². The second kappa shape index (κ2) is 66.6. The molecule has 0 aliphatic rings. The summed E-state index contributed by atoms with van der Waals surface area (Å²) >= 11 is 0. The fourth-order valence-electron chi connectivity index (χ4n) is 10.1. The highest BCUT2D eigenvalue weighted by Gasteiger charge is 2.19. The van der Waals surface area contributed by atoms with Crippen LogP contribution in [0.3, 0.4) is 0 Å². The van der Waals surface area contributed by atoms with Gasteiger partial charge in [0.2, 0.25) is 0 Å². The Morgan fingerprint density at radius 1 is 0.269 bits per heavy atom. The van der Waals surface area contributed by atoms with Crippen molar-refractivity contribution in [3.05, 3.63) is 60.8 Å². The minimum absolute atomic E-state index is 0.0735. The van der Waals surface area contributed by atoms with Crippen molar-refractivity contribution >= 4 is 17.9 Å². The van der Waals surface area contributed by atoms with Crippen LogP contribution in [-0.4, -0.2) is 37.2 Å². The summed E-state index contributed by atoms with van der Waals surface area (Å²) in [6, 6.07) is 0. The highest BCUT2D eigenvalue weighted by molar-refractivity contribution is 5.71. The number of unbranched alkanes of at least 4 members (excludes halogenated alkanes) is 42. The topological polar surface area (TPSA) is 78.9 Å². The molecular weight excluding hydrogens is 961 g/mol. The van der Waals surface area contributed by atoms with Crippen molar-refractivity contribution in [3.63, 3.8) is 0 Å². The largest absolute Gasteiger partial charge is 0.462 e. The van der Waals surface area contributed by atoms with Crippen molar-refractivity contribution in [2.45, 2.75) is 367 Å². The molecule has 454 valence electrons. The van der Waals surface area contributed by atoms with Gasteiger partial charge in [-0.25, -0.2) is 0 Å². The molecule has 0 aromatic carbocycles. The lowest BCUT2D eigenvalue weighted by molar-refractivity contribution is -0.167. The van der Waals surface area contributed by atoms with E-state index in [4.69, 9.17) is 14.2 Å². The smallest absolute Gasteiger partial charge is 0.306 e. The van der Waals surface area contributed by atoms with E-state index >= 15 is 0 Å². The average molecular weight is 1090 g/mol. The minimum Gasteiger partial charge on any atom is -0.462 e. The van der Waals surface area contributed by atoms with Crippen molar-refractivity contribution in [2.75, 3.05) is 13.2 Å². The van der Waals surface area contributed by atoms with Crippen molar-refractivity contribution in [3.8, 4) is 0 Å². The van der Waals surface area contributed by atoms with Gasteiger partial charge >= 0.3 is 17.9 Å². The van der Waals surface area contributed by atoms with Gasteiger partial charge in [0, 0.05) is 19.3 Å². The Kier molecular flexibility index (Phi) is 64.2. The Labute approximate surface area is 485 Å². The molecule has 0 heterocycles. The molecule has 0 aliphatic carbocycles. The van der Waals surface area contributed by atoms with Gasteiger partial charge in [-0.05, 0) is 83.5 Å².